The summed E-state index contributed by atoms with van der Waals surface area (Å²) in [5.74, 6) is -0.766. The highest BCUT2D eigenvalue weighted by molar-refractivity contribution is 7.88. The van der Waals surface area contributed by atoms with Crippen LogP contribution in [0.1, 0.15) is 23.7 Å². The van der Waals surface area contributed by atoms with Gasteiger partial charge in [-0.3, -0.25) is 15.0 Å². The van der Waals surface area contributed by atoms with Crippen molar-refractivity contribution in [3.05, 3.63) is 30.1 Å². The van der Waals surface area contributed by atoms with Crippen LogP contribution in [0.4, 0.5) is 0 Å². The number of carbonyl (C=O) groups excluding carboxylic acids is 2. The van der Waals surface area contributed by atoms with Gasteiger partial charge in [0.15, 0.2) is 12.4 Å². The predicted molar refractivity (Wildman–Crippen MR) is 75.4 cm³/mol. The number of hydrogen-bond donors (Lipinski definition) is 3. The Bertz CT molecular complexity index is 621. The Labute approximate surface area is 135 Å². The highest BCUT2D eigenvalue weighted by Crippen LogP contribution is 1.93. The maximum Gasteiger partial charge on any atom is 0.285 e. The zero-order valence-electron chi connectivity index (χ0n) is 12.3. The fraction of sp³-hybridized carbons (Fsp3) is 0.417. The van der Waals surface area contributed by atoms with Crippen molar-refractivity contribution in [2.24, 2.45) is 0 Å². The summed E-state index contributed by atoms with van der Waals surface area (Å²) in [5.41, 5.74) is 2.30. The van der Waals surface area contributed by atoms with Crippen molar-refractivity contribution >= 4 is 21.8 Å². The molecule has 10 heteroatoms. The number of pyridine rings is 1. The van der Waals surface area contributed by atoms with Crippen molar-refractivity contribution in [1.29, 1.82) is 0 Å². The van der Waals surface area contributed by atoms with Crippen molar-refractivity contribution in [3.8, 4) is 0 Å². The molecule has 3 N–H and O–H groups in total. The molecule has 0 aliphatic rings. The zero-order chi connectivity index (χ0) is 15.9. The number of nitrogens with one attached hydrogen (secondary N) is 3. The SMILES string of the molecule is CCCNC(=O)C[n+]1cccc(C(=O)NNS(C)(=O)=O)c1.[Cl-]. The van der Waals surface area contributed by atoms with Gasteiger partial charge in [-0.05, 0) is 12.5 Å². The van der Waals surface area contributed by atoms with E-state index >= 15 is 0 Å². The quantitative estimate of drug-likeness (QED) is 0.341. The van der Waals surface area contributed by atoms with E-state index in [4.69, 9.17) is 0 Å². The molecule has 2 amide bonds. The second kappa shape index (κ2) is 9.34. The predicted octanol–water partition coefficient (Wildman–Crippen LogP) is -4.30. The van der Waals surface area contributed by atoms with Gasteiger partial charge in [0, 0.05) is 12.6 Å². The second-order valence-corrected chi connectivity index (χ2v) is 6.19. The van der Waals surface area contributed by atoms with Gasteiger partial charge in [-0.1, -0.05) is 6.92 Å². The van der Waals surface area contributed by atoms with E-state index in [2.05, 4.69) is 10.7 Å². The third-order valence-corrected chi connectivity index (χ3v) is 2.84. The van der Waals surface area contributed by atoms with E-state index in [0.29, 0.717) is 6.54 Å². The van der Waals surface area contributed by atoms with Crippen LogP contribution < -0.4 is 32.5 Å². The Kier molecular flexibility index (Phi) is 8.61. The lowest BCUT2D eigenvalue weighted by atomic mass is 10.2. The van der Waals surface area contributed by atoms with Crippen LogP contribution in [0.3, 0.4) is 0 Å². The second-order valence-electron chi connectivity index (χ2n) is 4.44. The molecular weight excluding hydrogens is 332 g/mol. The molecule has 1 aromatic rings. The van der Waals surface area contributed by atoms with Gasteiger partial charge in [0.25, 0.3) is 11.8 Å². The summed E-state index contributed by atoms with van der Waals surface area (Å²) in [6.07, 6.45) is 4.88. The highest BCUT2D eigenvalue weighted by Gasteiger charge is 2.14. The summed E-state index contributed by atoms with van der Waals surface area (Å²) in [5, 5.41) is 2.72. The molecule has 0 aromatic carbocycles. The Hall–Kier alpha value is -1.71. The first-order valence-corrected chi connectivity index (χ1v) is 8.24. The molecule has 22 heavy (non-hydrogen) atoms. The molecule has 8 nitrogen and oxygen atoms in total. The molecule has 1 aromatic heterocycles. The summed E-state index contributed by atoms with van der Waals surface area (Å²) in [6, 6.07) is 3.11. The van der Waals surface area contributed by atoms with Gasteiger partial charge in [0.1, 0.15) is 5.56 Å². The zero-order valence-corrected chi connectivity index (χ0v) is 13.9. The summed E-state index contributed by atoms with van der Waals surface area (Å²) in [6.45, 7) is 2.63. The number of halogens is 1. The van der Waals surface area contributed by atoms with Gasteiger partial charge >= 0.3 is 0 Å². The van der Waals surface area contributed by atoms with Crippen molar-refractivity contribution in [2.75, 3.05) is 12.8 Å². The van der Waals surface area contributed by atoms with E-state index in [1.165, 1.54) is 12.3 Å². The molecule has 0 unspecified atom stereocenters. The molecule has 0 radical (unpaired) electrons. The normalized spacial score (nSPS) is 10.5. The van der Waals surface area contributed by atoms with Crippen LogP contribution in [-0.4, -0.2) is 33.0 Å². The standard InChI is InChI=1S/C12H18N4O4S.ClH/c1-3-6-13-11(17)9-16-7-4-5-10(8-16)12(18)14-15-21(2,19)20;/h4-5,7-8,15H,3,6,9H2,1-2H3,(H-,13,14,17,18);1H. The average molecular weight is 351 g/mol. The molecule has 0 aliphatic heterocycles. The van der Waals surface area contributed by atoms with Gasteiger partial charge < -0.3 is 17.7 Å². The number of nitrogens with zero attached hydrogens (tertiary/aromatic N) is 1. The maximum absolute atomic E-state index is 11.7. The molecule has 0 bridgehead atoms. The van der Waals surface area contributed by atoms with E-state index in [0.717, 1.165) is 12.7 Å². The molecule has 0 saturated heterocycles. The van der Waals surface area contributed by atoms with Crippen molar-refractivity contribution in [3.63, 3.8) is 0 Å². The summed E-state index contributed by atoms with van der Waals surface area (Å²) < 4.78 is 23.3. The number of amides is 2. The summed E-state index contributed by atoms with van der Waals surface area (Å²) in [7, 11) is -3.52. The minimum Gasteiger partial charge on any atom is -1.00 e. The average Bonchev–Trinajstić information content (AvgIpc) is 2.42. The minimum atomic E-state index is -3.52. The van der Waals surface area contributed by atoms with E-state index in [9.17, 15) is 18.0 Å². The molecule has 0 spiro atoms. The first-order valence-electron chi connectivity index (χ1n) is 6.34. The molecule has 0 fully saturated rings. The number of hydrazine groups is 1. The Morgan fingerprint density at radius 3 is 2.59 bits per heavy atom. The molecule has 0 atom stereocenters. The van der Waals surface area contributed by atoms with Crippen LogP contribution in [0.25, 0.3) is 0 Å². The third-order valence-electron chi connectivity index (χ3n) is 2.37. The molecule has 124 valence electrons. The maximum atomic E-state index is 11.7. The lowest BCUT2D eigenvalue weighted by Crippen LogP contribution is -3.00. The van der Waals surface area contributed by atoms with Gasteiger partial charge in [-0.25, -0.2) is 8.42 Å². The largest absolute Gasteiger partial charge is 1.00 e. The Morgan fingerprint density at radius 2 is 2.00 bits per heavy atom. The van der Waals surface area contributed by atoms with E-state index in [1.54, 1.807) is 16.8 Å². The van der Waals surface area contributed by atoms with Gasteiger partial charge in [-0.2, -0.15) is 4.57 Å². The number of hydrogen-bond acceptors (Lipinski definition) is 4. The van der Waals surface area contributed by atoms with E-state index < -0.39 is 15.9 Å². The number of aromatic nitrogens is 1. The van der Waals surface area contributed by atoms with Crippen LogP contribution >= 0.6 is 0 Å². The van der Waals surface area contributed by atoms with Crippen LogP contribution in [0.5, 0.6) is 0 Å². The fourth-order valence-electron chi connectivity index (χ4n) is 1.45. The monoisotopic (exact) mass is 350 g/mol. The topological polar surface area (TPSA) is 108 Å². The smallest absolute Gasteiger partial charge is 0.285 e. The lowest BCUT2D eigenvalue weighted by Gasteiger charge is -2.04. The highest BCUT2D eigenvalue weighted by atomic mass is 35.5. The summed E-state index contributed by atoms with van der Waals surface area (Å²) >= 11 is 0. The van der Waals surface area contributed by atoms with Crippen LogP contribution in [-0.2, 0) is 21.4 Å². The number of rotatable bonds is 7. The van der Waals surface area contributed by atoms with Crippen molar-refractivity contribution in [1.82, 2.24) is 15.6 Å². The molecule has 1 heterocycles. The lowest BCUT2D eigenvalue weighted by molar-refractivity contribution is -0.684. The van der Waals surface area contributed by atoms with Crippen molar-refractivity contribution in [2.45, 2.75) is 19.9 Å². The first-order chi connectivity index (χ1) is 9.81. The van der Waals surface area contributed by atoms with E-state index in [-0.39, 0.29) is 30.4 Å². The molecular formula is C12H19ClN4O4S. The van der Waals surface area contributed by atoms with Gasteiger partial charge in [0.2, 0.25) is 16.6 Å². The fourth-order valence-corrected chi connectivity index (χ4v) is 1.73. The number of carbonyl (C=O) groups is 2. The third kappa shape index (κ3) is 7.91. The summed E-state index contributed by atoms with van der Waals surface area (Å²) in [4.78, 5) is 25.2. The Morgan fingerprint density at radius 1 is 1.32 bits per heavy atom. The van der Waals surface area contributed by atoms with Crippen molar-refractivity contribution < 1.29 is 35.0 Å². The van der Waals surface area contributed by atoms with Gasteiger partial charge in [0.05, 0.1) is 6.26 Å². The van der Waals surface area contributed by atoms with Crippen LogP contribution in [0, 0.1) is 0 Å². The number of sulfonamides is 1. The Balaban J connectivity index is 0.00000441. The molecule has 0 aliphatic carbocycles. The van der Waals surface area contributed by atoms with Gasteiger partial charge in [-0.15, -0.1) is 4.83 Å². The van der Waals surface area contributed by atoms with Crippen LogP contribution in [0.2, 0.25) is 0 Å². The van der Waals surface area contributed by atoms with Crippen LogP contribution in [0.15, 0.2) is 24.5 Å². The van der Waals surface area contributed by atoms with E-state index in [1.807, 2.05) is 11.8 Å². The minimum absolute atomic E-state index is 0. The molecule has 1 rings (SSSR count). The molecule has 0 saturated carbocycles. The first kappa shape index (κ1) is 20.3.